The third kappa shape index (κ3) is 4.75. The Morgan fingerprint density at radius 2 is 1.71 bits per heavy atom. The zero-order valence-electron chi connectivity index (χ0n) is 14.0. The zero-order chi connectivity index (χ0) is 16.8. The van der Waals surface area contributed by atoms with Crippen molar-refractivity contribution in [2.75, 3.05) is 6.54 Å². The number of hydrogen-bond acceptors (Lipinski definition) is 2. The van der Waals surface area contributed by atoms with Crippen LogP contribution in [-0.4, -0.2) is 17.0 Å². The molecule has 124 valence electrons. The van der Waals surface area contributed by atoms with Crippen LogP contribution in [0, 0.1) is 0 Å². The van der Waals surface area contributed by atoms with Gasteiger partial charge < -0.3 is 5.32 Å². The van der Waals surface area contributed by atoms with Gasteiger partial charge in [0.2, 0.25) is 0 Å². The van der Waals surface area contributed by atoms with Crippen molar-refractivity contribution in [3.05, 3.63) is 76.9 Å². The maximum Gasteiger partial charge on any atom is 0.279 e. The number of aryl methyl sites for hydroxylation is 1. The molecule has 1 atom stereocenters. The number of amides is 1. The fourth-order valence-electron chi connectivity index (χ4n) is 2.82. The molecule has 24 heavy (non-hydrogen) atoms. The van der Waals surface area contributed by atoms with Crippen molar-refractivity contribution < 1.29 is 4.79 Å². The topological polar surface area (TPSA) is 29.1 Å². The minimum atomic E-state index is 0.103. The summed E-state index contributed by atoms with van der Waals surface area (Å²) in [6.07, 6.45) is 7.37. The van der Waals surface area contributed by atoms with E-state index in [1.54, 1.807) is 0 Å². The van der Waals surface area contributed by atoms with E-state index in [9.17, 15) is 4.79 Å². The van der Waals surface area contributed by atoms with Crippen molar-refractivity contribution >= 4 is 23.1 Å². The predicted octanol–water partition coefficient (Wildman–Crippen LogP) is 4.87. The fraction of sp³-hybridized carbons (Fsp3) is 0.286. The van der Waals surface area contributed by atoms with Crippen LogP contribution in [0.3, 0.4) is 0 Å². The van der Waals surface area contributed by atoms with Gasteiger partial charge in [-0.2, -0.15) is 0 Å². The molecule has 2 aromatic rings. The van der Waals surface area contributed by atoms with E-state index in [-0.39, 0.29) is 5.24 Å². The van der Waals surface area contributed by atoms with E-state index in [1.165, 1.54) is 34.0 Å². The molecule has 2 aromatic carbocycles. The second kappa shape index (κ2) is 8.20. The summed E-state index contributed by atoms with van der Waals surface area (Å²) in [5.74, 6) is 0. The Labute approximate surface area is 148 Å². The van der Waals surface area contributed by atoms with Crippen LogP contribution in [-0.2, 0) is 19.3 Å². The second-order valence-corrected chi connectivity index (χ2v) is 7.40. The van der Waals surface area contributed by atoms with Crippen LogP contribution in [0.1, 0.15) is 29.2 Å². The molecule has 1 fully saturated rings. The van der Waals surface area contributed by atoms with E-state index in [2.05, 4.69) is 72.9 Å². The molecule has 1 saturated heterocycles. The van der Waals surface area contributed by atoms with Gasteiger partial charge in [0.25, 0.3) is 5.24 Å². The first-order valence-corrected chi connectivity index (χ1v) is 9.38. The first-order valence-electron chi connectivity index (χ1n) is 8.50. The lowest BCUT2D eigenvalue weighted by atomic mass is 10.0. The van der Waals surface area contributed by atoms with Gasteiger partial charge in [-0.05, 0) is 41.5 Å². The van der Waals surface area contributed by atoms with Crippen molar-refractivity contribution in [1.29, 1.82) is 0 Å². The summed E-state index contributed by atoms with van der Waals surface area (Å²) in [7, 11) is 0. The lowest BCUT2D eigenvalue weighted by molar-refractivity contribution is 0.262. The van der Waals surface area contributed by atoms with Gasteiger partial charge in [-0.3, -0.25) is 4.79 Å². The number of nitrogens with one attached hydrogen (secondary N) is 1. The molecule has 3 heteroatoms. The maximum absolute atomic E-state index is 11.2. The number of carbonyl (C=O) groups excluding carboxylic acids is 1. The van der Waals surface area contributed by atoms with E-state index in [4.69, 9.17) is 0 Å². The molecule has 0 radical (unpaired) electrons. The summed E-state index contributed by atoms with van der Waals surface area (Å²) in [6.45, 7) is 2.96. The number of benzene rings is 2. The Morgan fingerprint density at radius 1 is 1.04 bits per heavy atom. The lowest BCUT2D eigenvalue weighted by Gasteiger charge is -2.06. The normalized spacial score (nSPS) is 17.4. The Morgan fingerprint density at radius 3 is 2.33 bits per heavy atom. The minimum Gasteiger partial charge on any atom is -0.346 e. The third-order valence-corrected chi connectivity index (χ3v) is 5.31. The minimum absolute atomic E-state index is 0.103. The molecular formula is C21H23NOS. The van der Waals surface area contributed by atoms with Gasteiger partial charge in [-0.1, -0.05) is 79.4 Å². The summed E-state index contributed by atoms with van der Waals surface area (Å²) >= 11 is 1.41. The highest BCUT2D eigenvalue weighted by Gasteiger charge is 2.22. The average molecular weight is 337 g/mol. The molecule has 1 heterocycles. The Bertz CT molecular complexity index is 704. The highest BCUT2D eigenvalue weighted by Crippen LogP contribution is 2.22. The van der Waals surface area contributed by atoms with Crippen molar-refractivity contribution in [2.24, 2.45) is 0 Å². The van der Waals surface area contributed by atoms with Gasteiger partial charge in [0, 0.05) is 11.8 Å². The molecule has 0 saturated carbocycles. The van der Waals surface area contributed by atoms with Crippen molar-refractivity contribution in [3.8, 4) is 0 Å². The Balaban J connectivity index is 1.52. The number of carbonyl (C=O) groups is 1. The van der Waals surface area contributed by atoms with Crippen molar-refractivity contribution in [3.63, 3.8) is 0 Å². The van der Waals surface area contributed by atoms with Crippen LogP contribution in [0.15, 0.2) is 54.6 Å². The molecule has 0 bridgehead atoms. The van der Waals surface area contributed by atoms with Crippen LogP contribution in [0.2, 0.25) is 0 Å². The summed E-state index contributed by atoms with van der Waals surface area (Å²) < 4.78 is 0. The smallest absolute Gasteiger partial charge is 0.279 e. The van der Waals surface area contributed by atoms with Crippen LogP contribution in [0.5, 0.6) is 0 Å². The van der Waals surface area contributed by atoms with E-state index >= 15 is 0 Å². The molecule has 1 aliphatic rings. The molecule has 1 amide bonds. The maximum atomic E-state index is 11.2. The van der Waals surface area contributed by atoms with Crippen LogP contribution in [0.4, 0.5) is 4.79 Å². The van der Waals surface area contributed by atoms with Crippen LogP contribution < -0.4 is 5.32 Å². The second-order valence-electron chi connectivity index (χ2n) is 6.13. The monoisotopic (exact) mass is 337 g/mol. The van der Waals surface area contributed by atoms with Gasteiger partial charge in [0.1, 0.15) is 0 Å². The van der Waals surface area contributed by atoms with Gasteiger partial charge in [-0.25, -0.2) is 0 Å². The SMILES string of the molecule is CCc1ccc(CC=Cc2ccc(CC3CNC(=O)S3)cc2)cc1. The molecule has 0 aromatic heterocycles. The third-order valence-electron chi connectivity index (χ3n) is 4.29. The number of rotatable bonds is 6. The van der Waals surface area contributed by atoms with Crippen LogP contribution >= 0.6 is 11.8 Å². The zero-order valence-corrected chi connectivity index (χ0v) is 14.8. The van der Waals surface area contributed by atoms with E-state index in [0.29, 0.717) is 5.25 Å². The fourth-order valence-corrected chi connectivity index (χ4v) is 3.73. The van der Waals surface area contributed by atoms with Gasteiger partial charge >= 0.3 is 0 Å². The van der Waals surface area contributed by atoms with E-state index in [1.807, 2.05) is 0 Å². The molecule has 1 unspecified atom stereocenters. The average Bonchev–Trinajstić information content (AvgIpc) is 3.02. The predicted molar refractivity (Wildman–Crippen MR) is 103 cm³/mol. The van der Waals surface area contributed by atoms with Crippen molar-refractivity contribution in [1.82, 2.24) is 5.32 Å². The first kappa shape index (κ1) is 16.8. The largest absolute Gasteiger partial charge is 0.346 e. The number of thioether (sulfide) groups is 1. The van der Waals surface area contributed by atoms with Gasteiger partial charge in [0.15, 0.2) is 0 Å². The summed E-state index contributed by atoms with van der Waals surface area (Å²) in [4.78, 5) is 11.2. The highest BCUT2D eigenvalue weighted by atomic mass is 32.2. The summed E-state index contributed by atoms with van der Waals surface area (Å²) in [6, 6.07) is 17.5. The first-order chi connectivity index (χ1) is 11.7. The Kier molecular flexibility index (Phi) is 5.76. The Hall–Kier alpha value is -2.00. The highest BCUT2D eigenvalue weighted by molar-refractivity contribution is 8.14. The molecule has 0 aliphatic carbocycles. The van der Waals surface area contributed by atoms with Crippen molar-refractivity contribution in [2.45, 2.75) is 31.4 Å². The molecular weight excluding hydrogens is 314 g/mol. The van der Waals surface area contributed by atoms with Gasteiger partial charge in [0.05, 0.1) is 0 Å². The lowest BCUT2D eigenvalue weighted by Crippen LogP contribution is -2.16. The number of hydrogen-bond donors (Lipinski definition) is 1. The number of allylic oxidation sites excluding steroid dienone is 1. The van der Waals surface area contributed by atoms with Crippen LogP contribution in [0.25, 0.3) is 6.08 Å². The molecule has 3 rings (SSSR count). The standard InChI is InChI=1S/C21H23NOS/c1-2-16-6-8-17(9-7-16)4-3-5-18-10-12-19(13-11-18)14-20-15-22-21(23)24-20/h3,5-13,20H,2,4,14-15H2,1H3,(H,22,23). The molecule has 0 spiro atoms. The van der Waals surface area contributed by atoms with Gasteiger partial charge in [-0.15, -0.1) is 0 Å². The molecule has 1 N–H and O–H groups in total. The summed E-state index contributed by atoms with van der Waals surface area (Å²) in [5.41, 5.74) is 5.24. The quantitative estimate of drug-likeness (QED) is 0.814. The van der Waals surface area contributed by atoms with E-state index in [0.717, 1.165) is 25.8 Å². The summed E-state index contributed by atoms with van der Waals surface area (Å²) in [5, 5.41) is 3.33. The molecule has 1 aliphatic heterocycles. The van der Waals surface area contributed by atoms with E-state index < -0.39 is 0 Å². The molecule has 2 nitrogen and oxygen atoms in total.